The molecule has 126 valence electrons. The maximum atomic E-state index is 12.2. The highest BCUT2D eigenvalue weighted by Gasteiger charge is 2.35. The van der Waals surface area contributed by atoms with Crippen LogP contribution in [0, 0.1) is 5.92 Å². The van der Waals surface area contributed by atoms with Crippen molar-refractivity contribution < 1.29 is 24.2 Å². The van der Waals surface area contributed by atoms with E-state index >= 15 is 0 Å². The Bertz CT molecular complexity index is 405. The lowest BCUT2D eigenvalue weighted by Crippen LogP contribution is -2.44. The van der Waals surface area contributed by atoms with Crippen LogP contribution in [0.4, 0.5) is 0 Å². The zero-order chi connectivity index (χ0) is 16.5. The van der Waals surface area contributed by atoms with Crippen LogP contribution in [0.2, 0.25) is 0 Å². The number of rotatable bonds is 10. The first-order valence-electron chi connectivity index (χ1n) is 7.37. The van der Waals surface area contributed by atoms with Crippen molar-refractivity contribution in [3.63, 3.8) is 0 Å². The number of aliphatic carboxylic acids is 1. The maximum absolute atomic E-state index is 12.2. The van der Waals surface area contributed by atoms with Gasteiger partial charge in [0.15, 0.2) is 0 Å². The minimum Gasteiger partial charge on any atom is -0.480 e. The number of amides is 2. The van der Waals surface area contributed by atoms with E-state index in [0.29, 0.717) is 31.9 Å². The van der Waals surface area contributed by atoms with E-state index in [9.17, 15) is 14.4 Å². The summed E-state index contributed by atoms with van der Waals surface area (Å²) in [7, 11) is 1.55. The van der Waals surface area contributed by atoms with Crippen molar-refractivity contribution in [2.75, 3.05) is 38.3 Å². The van der Waals surface area contributed by atoms with E-state index < -0.39 is 17.9 Å². The third kappa shape index (κ3) is 5.84. The molecule has 8 heteroatoms. The molecular formula is C14H24N2O5S. The fourth-order valence-corrected chi connectivity index (χ4v) is 2.95. The number of thioether (sulfide) groups is 1. The van der Waals surface area contributed by atoms with Crippen LogP contribution in [0.5, 0.6) is 0 Å². The van der Waals surface area contributed by atoms with Crippen LogP contribution >= 0.6 is 11.8 Å². The maximum Gasteiger partial charge on any atom is 0.326 e. The van der Waals surface area contributed by atoms with Crippen LogP contribution in [0.15, 0.2) is 0 Å². The lowest BCUT2D eigenvalue weighted by Gasteiger charge is -2.18. The van der Waals surface area contributed by atoms with Crippen molar-refractivity contribution in [2.45, 2.75) is 25.8 Å². The Kier molecular flexibility index (Phi) is 8.26. The number of carbonyl (C=O) groups is 3. The number of carboxylic acid groups (broad SMARTS) is 1. The first-order chi connectivity index (χ1) is 10.5. The van der Waals surface area contributed by atoms with Crippen molar-refractivity contribution in [2.24, 2.45) is 5.92 Å². The number of likely N-dealkylation sites (tertiary alicyclic amines) is 1. The number of ether oxygens (including phenoxy) is 1. The van der Waals surface area contributed by atoms with Crippen molar-refractivity contribution in [1.29, 1.82) is 0 Å². The average Bonchev–Trinajstić information content (AvgIpc) is 2.85. The fraction of sp³-hybridized carbons (Fsp3) is 0.786. The van der Waals surface area contributed by atoms with Gasteiger partial charge in [0.2, 0.25) is 11.8 Å². The van der Waals surface area contributed by atoms with Gasteiger partial charge >= 0.3 is 5.97 Å². The van der Waals surface area contributed by atoms with Gasteiger partial charge in [0, 0.05) is 26.6 Å². The molecular weight excluding hydrogens is 308 g/mol. The number of hydrogen-bond acceptors (Lipinski definition) is 5. The molecule has 0 bridgehead atoms. The molecule has 0 aromatic carbocycles. The molecule has 0 aliphatic carbocycles. The summed E-state index contributed by atoms with van der Waals surface area (Å²) in [4.78, 5) is 36.7. The van der Waals surface area contributed by atoms with Crippen LogP contribution in [-0.2, 0) is 19.1 Å². The van der Waals surface area contributed by atoms with E-state index in [1.54, 1.807) is 23.8 Å². The minimum atomic E-state index is -1.04. The standard InChI is InChI=1S/C14H24N2O5S/c1-3-22-7-4-11(14(19)20)15-13(18)10-8-12(17)16(9-10)5-6-21-2/h10-11H,3-9H2,1-2H3,(H,15,18)(H,19,20). The summed E-state index contributed by atoms with van der Waals surface area (Å²) in [5.41, 5.74) is 0. The van der Waals surface area contributed by atoms with E-state index in [-0.39, 0.29) is 18.2 Å². The molecule has 0 aromatic rings. The molecule has 0 radical (unpaired) electrons. The molecule has 2 amide bonds. The van der Waals surface area contributed by atoms with Gasteiger partial charge in [-0.25, -0.2) is 4.79 Å². The van der Waals surface area contributed by atoms with Gasteiger partial charge in [0.1, 0.15) is 6.04 Å². The SMILES string of the molecule is CCSCCC(NC(=O)C1CC(=O)N(CCOC)C1)C(=O)O. The molecule has 1 saturated heterocycles. The van der Waals surface area contributed by atoms with Gasteiger partial charge in [0.05, 0.1) is 12.5 Å². The van der Waals surface area contributed by atoms with Gasteiger partial charge in [-0.3, -0.25) is 9.59 Å². The molecule has 0 aromatic heterocycles. The second kappa shape index (κ2) is 9.68. The second-order valence-corrected chi connectivity index (χ2v) is 6.51. The highest BCUT2D eigenvalue weighted by molar-refractivity contribution is 7.99. The summed E-state index contributed by atoms with van der Waals surface area (Å²) in [5, 5.41) is 11.7. The Balaban J connectivity index is 2.49. The van der Waals surface area contributed by atoms with E-state index in [1.807, 2.05) is 6.92 Å². The zero-order valence-electron chi connectivity index (χ0n) is 13.0. The Morgan fingerprint density at radius 2 is 2.27 bits per heavy atom. The number of hydrogen-bond donors (Lipinski definition) is 2. The summed E-state index contributed by atoms with van der Waals surface area (Å²) < 4.78 is 4.92. The summed E-state index contributed by atoms with van der Waals surface area (Å²) in [5.74, 6) is -0.383. The Morgan fingerprint density at radius 3 is 2.86 bits per heavy atom. The van der Waals surface area contributed by atoms with Gasteiger partial charge in [-0.2, -0.15) is 11.8 Å². The van der Waals surface area contributed by atoms with Gasteiger partial charge in [-0.1, -0.05) is 6.92 Å². The lowest BCUT2D eigenvalue weighted by atomic mass is 10.1. The third-order valence-corrected chi connectivity index (χ3v) is 4.45. The first kappa shape index (κ1) is 18.8. The lowest BCUT2D eigenvalue weighted by molar-refractivity contribution is -0.142. The highest BCUT2D eigenvalue weighted by atomic mass is 32.2. The minimum absolute atomic E-state index is 0.0920. The molecule has 1 heterocycles. The molecule has 2 atom stereocenters. The summed E-state index contributed by atoms with van der Waals surface area (Å²) in [6, 6.07) is -0.894. The van der Waals surface area contributed by atoms with Gasteiger partial charge in [0.25, 0.3) is 0 Å². The molecule has 0 spiro atoms. The number of carbonyl (C=O) groups excluding carboxylic acids is 2. The number of nitrogens with one attached hydrogen (secondary N) is 1. The van der Waals surface area contributed by atoms with Crippen LogP contribution in [-0.4, -0.2) is 72.1 Å². The Hall–Kier alpha value is -1.28. The van der Waals surface area contributed by atoms with E-state index in [4.69, 9.17) is 9.84 Å². The summed E-state index contributed by atoms with van der Waals surface area (Å²) >= 11 is 1.63. The highest BCUT2D eigenvalue weighted by Crippen LogP contribution is 2.18. The smallest absolute Gasteiger partial charge is 0.326 e. The number of carboxylic acids is 1. The summed E-state index contributed by atoms with van der Waals surface area (Å²) in [6.07, 6.45) is 0.513. The fourth-order valence-electron chi connectivity index (χ4n) is 2.26. The van der Waals surface area contributed by atoms with Gasteiger partial charge in [-0.15, -0.1) is 0 Å². The van der Waals surface area contributed by atoms with Crippen molar-refractivity contribution >= 4 is 29.5 Å². The molecule has 2 unspecified atom stereocenters. The number of nitrogens with zero attached hydrogens (tertiary/aromatic N) is 1. The van der Waals surface area contributed by atoms with Crippen molar-refractivity contribution in [3.8, 4) is 0 Å². The topological polar surface area (TPSA) is 95.9 Å². The third-order valence-electron chi connectivity index (χ3n) is 3.52. The van der Waals surface area contributed by atoms with Crippen LogP contribution in [0.3, 0.4) is 0 Å². The monoisotopic (exact) mass is 332 g/mol. The quantitative estimate of drug-likeness (QED) is 0.555. The van der Waals surface area contributed by atoms with Gasteiger partial charge in [-0.05, 0) is 17.9 Å². The Labute approximate surface area is 134 Å². The molecule has 1 fully saturated rings. The second-order valence-electron chi connectivity index (χ2n) is 5.12. The molecule has 1 aliphatic heterocycles. The molecule has 1 aliphatic rings. The number of methoxy groups -OCH3 is 1. The van der Waals surface area contributed by atoms with Crippen molar-refractivity contribution in [3.05, 3.63) is 0 Å². The first-order valence-corrected chi connectivity index (χ1v) is 8.52. The summed E-state index contributed by atoms with van der Waals surface area (Å²) in [6.45, 7) is 3.20. The van der Waals surface area contributed by atoms with Crippen molar-refractivity contribution in [1.82, 2.24) is 10.2 Å². The predicted molar refractivity (Wildman–Crippen MR) is 83.7 cm³/mol. The molecule has 0 saturated carbocycles. The van der Waals surface area contributed by atoms with E-state index in [1.165, 1.54) is 0 Å². The van der Waals surface area contributed by atoms with Crippen LogP contribution in [0.1, 0.15) is 19.8 Å². The normalized spacial score (nSPS) is 19.3. The zero-order valence-corrected chi connectivity index (χ0v) is 13.9. The molecule has 7 nitrogen and oxygen atoms in total. The van der Waals surface area contributed by atoms with Crippen LogP contribution in [0.25, 0.3) is 0 Å². The largest absolute Gasteiger partial charge is 0.480 e. The molecule has 1 rings (SSSR count). The molecule has 2 N–H and O–H groups in total. The predicted octanol–water partition coefficient (Wildman–Crippen LogP) is 0.194. The molecule has 22 heavy (non-hydrogen) atoms. The van der Waals surface area contributed by atoms with E-state index in [0.717, 1.165) is 5.75 Å². The average molecular weight is 332 g/mol. The van der Waals surface area contributed by atoms with Crippen LogP contribution < -0.4 is 5.32 Å². The van der Waals surface area contributed by atoms with E-state index in [2.05, 4.69) is 5.32 Å². The Morgan fingerprint density at radius 1 is 1.55 bits per heavy atom. The van der Waals surface area contributed by atoms with Gasteiger partial charge < -0.3 is 20.1 Å².